The molecule has 4 aromatic rings. The van der Waals surface area contributed by atoms with Gasteiger partial charge in [-0.05, 0) is 141 Å². The second-order valence-electron chi connectivity index (χ2n) is 25.9. The number of benzene rings is 2. The number of aliphatic hydroxyl groups is 1. The summed E-state index contributed by atoms with van der Waals surface area (Å²) in [5.74, 6) is -7.20. The number of allylic oxidation sites excluding steroid dienone is 4. The minimum Gasteiger partial charge on any atom is -0.481 e. The molecule has 2 saturated carbocycles. The van der Waals surface area contributed by atoms with Crippen molar-refractivity contribution in [1.82, 2.24) is 19.8 Å². The number of oxazole rings is 2. The molecule has 0 spiro atoms. The van der Waals surface area contributed by atoms with Crippen LogP contribution in [0.5, 0.6) is 6.08 Å². The van der Waals surface area contributed by atoms with E-state index in [1.165, 1.54) is 28.0 Å². The summed E-state index contributed by atoms with van der Waals surface area (Å²) in [6.07, 6.45) is 13.9. The van der Waals surface area contributed by atoms with Gasteiger partial charge in [0.2, 0.25) is 11.8 Å². The van der Waals surface area contributed by atoms with Crippen molar-refractivity contribution in [2.45, 2.75) is 193 Å². The van der Waals surface area contributed by atoms with Crippen LogP contribution in [0.15, 0.2) is 69.5 Å². The number of para-hydroxylation sites is 2. The largest absolute Gasteiger partial charge is 0.481 e. The van der Waals surface area contributed by atoms with E-state index in [4.69, 9.17) is 34.6 Å². The van der Waals surface area contributed by atoms with Crippen LogP contribution in [-0.4, -0.2) is 131 Å². The van der Waals surface area contributed by atoms with Crippen molar-refractivity contribution in [1.29, 1.82) is 0 Å². The van der Waals surface area contributed by atoms with Crippen molar-refractivity contribution in [3.63, 3.8) is 0 Å². The second kappa shape index (κ2) is 27.5. The van der Waals surface area contributed by atoms with Gasteiger partial charge in [-0.2, -0.15) is 9.97 Å². The van der Waals surface area contributed by atoms with Crippen LogP contribution < -0.4 is 4.74 Å². The molecule has 23 heteroatoms. The van der Waals surface area contributed by atoms with Crippen molar-refractivity contribution in [3.8, 4) is 6.08 Å². The molecule has 472 valence electrons. The number of carboxylic acids is 2. The number of halogens is 3. The standard InChI is InChI=1S/C32H39FN2O8.C25H37NO7.C7H3ClFNO/c1-31(2,3)43-26(37)14-19-10-7-5-4-6-8-11-20-16-32(20,29(39)40)17-25(36)24-15-21(18-35(24)28(19)38)41-30-34-23-13-9-12-22(33)27(23)42-30;1-24(2,3)33-21(29)11-16-9-7-5-4-6-8-10-17-13-25(17,23(31)32)14-20(28)19-12-18(27)15-26(19)22(16)30;8-7-10-5-3-1-2-4(9)6(5)11-7/h8-9,11-13,19-21,24H,4-7,10,14-18H2,1-3H3,(H,39,40);8,10,16-19,27H,4-7,9,11-15H2,1-3H3,(H,31,32);1-3H/b11-8-;10-8-;/t19-,20-,21-,24+,32-;16-,17-,18-,19+,25-;/m11./s1. The number of aliphatic carboxylic acids is 2. The van der Waals surface area contributed by atoms with E-state index in [-0.39, 0.29) is 115 Å². The van der Waals surface area contributed by atoms with Crippen LogP contribution in [0.25, 0.3) is 22.2 Å². The van der Waals surface area contributed by atoms with E-state index < -0.39 is 93.7 Å². The number of hydrogen-bond acceptors (Lipinski definition) is 16. The number of Topliss-reactive ketones (excluding diaryl/α,β-unsaturated/α-hetero) is 2. The fourth-order valence-corrected chi connectivity index (χ4v) is 12.5. The molecule has 20 nitrogen and oxygen atoms in total. The number of hydrogen-bond donors (Lipinski definition) is 3. The van der Waals surface area contributed by atoms with Gasteiger partial charge < -0.3 is 48.2 Å². The smallest absolute Gasteiger partial charge is 0.395 e. The van der Waals surface area contributed by atoms with Crippen molar-refractivity contribution in [3.05, 3.63) is 77.7 Å². The molecule has 3 N–H and O–H groups in total. The number of carboxylic acid groups (broad SMARTS) is 2. The number of fused-ring (bicyclic) bond motifs is 6. The highest BCUT2D eigenvalue weighted by atomic mass is 35.5. The van der Waals surface area contributed by atoms with Gasteiger partial charge >= 0.3 is 30.0 Å². The number of ether oxygens (including phenoxy) is 3. The van der Waals surface area contributed by atoms with Crippen molar-refractivity contribution >= 4 is 81.1 Å². The van der Waals surface area contributed by atoms with E-state index >= 15 is 0 Å². The average molecular weight is 1230 g/mol. The molecule has 2 aromatic heterocycles. The van der Waals surface area contributed by atoms with Crippen molar-refractivity contribution < 1.29 is 85.5 Å². The Balaban J connectivity index is 0.000000196. The van der Waals surface area contributed by atoms with Gasteiger partial charge in [-0.1, -0.05) is 62.1 Å². The highest BCUT2D eigenvalue weighted by molar-refractivity contribution is 6.28. The summed E-state index contributed by atoms with van der Waals surface area (Å²) in [5.41, 5.74) is -2.95. The number of carbonyl (C=O) groups excluding carboxylic acids is 6. The maximum atomic E-state index is 14.2. The number of nitrogens with zero attached hydrogens (tertiary/aromatic N) is 4. The maximum absolute atomic E-state index is 14.2. The summed E-state index contributed by atoms with van der Waals surface area (Å²) in [7, 11) is 0. The Labute approximate surface area is 508 Å². The van der Waals surface area contributed by atoms with Crippen LogP contribution in [0.2, 0.25) is 5.35 Å². The van der Waals surface area contributed by atoms with Gasteiger partial charge in [0.05, 0.1) is 48.4 Å². The lowest BCUT2D eigenvalue weighted by molar-refractivity contribution is -0.159. The van der Waals surface area contributed by atoms with Crippen LogP contribution >= 0.6 is 11.6 Å². The molecule has 10 rings (SSSR count). The number of esters is 2. The van der Waals surface area contributed by atoms with Gasteiger partial charge in [-0.25, -0.2) is 8.78 Å². The molecule has 2 amide bonds. The van der Waals surface area contributed by atoms with Gasteiger partial charge in [0.15, 0.2) is 34.4 Å². The molecule has 6 aliphatic rings. The summed E-state index contributed by atoms with van der Waals surface area (Å²) in [6, 6.07) is 6.98. The fourth-order valence-electron chi connectivity index (χ4n) is 12.3. The first-order chi connectivity index (χ1) is 41.1. The first kappa shape index (κ1) is 65.9. The monoisotopic (exact) mass is 1230 g/mol. The van der Waals surface area contributed by atoms with Crippen LogP contribution in [-0.2, 0) is 47.8 Å². The second-order valence-corrected chi connectivity index (χ2v) is 26.3. The van der Waals surface area contributed by atoms with Crippen LogP contribution in [0, 0.1) is 46.1 Å². The molecule has 2 saturated heterocycles. The quantitative estimate of drug-likeness (QED) is 0.109. The highest BCUT2D eigenvalue weighted by Gasteiger charge is 2.62. The molecule has 87 heavy (non-hydrogen) atoms. The molecule has 0 unspecified atom stereocenters. The predicted molar refractivity (Wildman–Crippen MR) is 312 cm³/mol. The van der Waals surface area contributed by atoms with Gasteiger partial charge in [-0.15, -0.1) is 0 Å². The van der Waals surface area contributed by atoms with Crippen molar-refractivity contribution in [2.75, 3.05) is 13.1 Å². The summed E-state index contributed by atoms with van der Waals surface area (Å²) in [4.78, 5) is 115. The van der Waals surface area contributed by atoms with Gasteiger partial charge in [0, 0.05) is 44.1 Å². The van der Waals surface area contributed by atoms with Crippen molar-refractivity contribution in [2.24, 2.45) is 34.5 Å². The number of carbonyl (C=O) groups is 8. The van der Waals surface area contributed by atoms with Gasteiger partial charge in [0.25, 0.3) is 5.35 Å². The van der Waals surface area contributed by atoms with Gasteiger partial charge in [-0.3, -0.25) is 38.4 Å². The van der Waals surface area contributed by atoms with E-state index in [1.54, 1.807) is 59.7 Å². The Bertz CT molecular complexity index is 3270. The lowest BCUT2D eigenvalue weighted by Crippen LogP contribution is -2.45. The minimum absolute atomic E-state index is 0.00463. The Morgan fingerprint density at radius 3 is 1.57 bits per heavy atom. The van der Waals surface area contributed by atoms with E-state index in [0.717, 1.165) is 44.9 Å². The average Bonchev–Trinajstić information content (AvgIpc) is 1.69. The SMILES string of the molecule is CC(C)(C)OC(=O)C[C@H]1CCCCC/C=C\[C@@H]2C[C@@]2(C(=O)O)CC(=O)[C@@H]2C[C@@H](O)CN2C1=O.CC(C)(C)OC(=O)C[C@H]1CCCCC/C=C\[C@@H]2C[C@@]2(C(=O)O)CC(=O)[C@@H]2C[C@@H](Oc3nc4cccc(F)c4o3)CN2C1=O.Fc1cccc2nc(Cl)oc12. The third-order valence-electron chi connectivity index (χ3n) is 16.9. The number of aromatic nitrogens is 2. The summed E-state index contributed by atoms with van der Waals surface area (Å²) in [6.45, 7) is 10.6. The molecule has 6 heterocycles. The zero-order chi connectivity index (χ0) is 63.2. The van der Waals surface area contributed by atoms with E-state index in [9.17, 15) is 62.5 Å². The van der Waals surface area contributed by atoms with E-state index in [2.05, 4.69) is 9.97 Å². The Morgan fingerprint density at radius 2 is 1.11 bits per heavy atom. The molecule has 0 radical (unpaired) electrons. The zero-order valence-corrected chi connectivity index (χ0v) is 50.9. The number of rotatable bonds is 8. The number of amides is 2. The lowest BCUT2D eigenvalue weighted by atomic mass is 9.91. The molecular formula is C64H79ClF2N4O16. The van der Waals surface area contributed by atoms with Crippen LogP contribution in [0.1, 0.15) is 157 Å². The Hall–Kier alpha value is -7.07. The lowest BCUT2D eigenvalue weighted by Gasteiger charge is -2.29. The Kier molecular flexibility index (Phi) is 20.9. The minimum atomic E-state index is -1.20. The Morgan fingerprint density at radius 1 is 0.655 bits per heavy atom. The highest BCUT2D eigenvalue weighted by Crippen LogP contribution is 2.58. The number of ketones is 2. The molecular weight excluding hydrogens is 1150 g/mol. The molecule has 2 aromatic carbocycles. The first-order valence-electron chi connectivity index (χ1n) is 30.1. The molecule has 4 aliphatic heterocycles. The normalized spacial score (nSPS) is 28.9. The fraction of sp³-hybridized carbons (Fsp3) is 0.594. The van der Waals surface area contributed by atoms with E-state index in [1.807, 2.05) is 24.3 Å². The van der Waals surface area contributed by atoms with Crippen LogP contribution in [0.4, 0.5) is 8.78 Å². The molecule has 0 bridgehead atoms. The third-order valence-corrected chi connectivity index (χ3v) is 17.0. The number of aliphatic hydroxyl groups excluding tert-OH is 1. The third kappa shape index (κ3) is 16.8. The van der Waals surface area contributed by atoms with Crippen LogP contribution in [0.3, 0.4) is 0 Å². The maximum Gasteiger partial charge on any atom is 0.395 e. The molecule has 10 atom stereocenters. The van der Waals surface area contributed by atoms with E-state index in [0.29, 0.717) is 37.6 Å². The topological polar surface area (TPSA) is 283 Å². The molecule has 2 aliphatic carbocycles. The predicted octanol–water partition coefficient (Wildman–Crippen LogP) is 10.7. The molecule has 4 fully saturated rings. The van der Waals surface area contributed by atoms with Gasteiger partial charge in [0.1, 0.15) is 28.3 Å². The zero-order valence-electron chi connectivity index (χ0n) is 50.1. The summed E-state index contributed by atoms with van der Waals surface area (Å²) < 4.78 is 54.1. The summed E-state index contributed by atoms with van der Waals surface area (Å²) >= 11 is 5.41. The first-order valence-corrected chi connectivity index (χ1v) is 30.4. The summed E-state index contributed by atoms with van der Waals surface area (Å²) in [5, 5.41) is 30.1.